The number of hydrogen-bond acceptors (Lipinski definition) is 8. The van der Waals surface area contributed by atoms with Crippen LogP contribution in [0.2, 0.25) is 0 Å². The molecule has 2 N–H and O–H groups in total. The van der Waals surface area contributed by atoms with Crippen molar-refractivity contribution in [3.05, 3.63) is 249 Å². The SMILES string of the molecule is C=C(C)C(=O)Oc1ccc2c(c1)C(=CC)c1cc(OC(=O)C(=C)C)ccc1-2.CC=C1c2cc(C)ccc2-c2ccc(C)cc21.Cc1ccc2c(c1)C(=O)c1cc(C)ccc1-2.O=C1c2cc(O)ccc2-c2ccc(O)cc21. The van der Waals surface area contributed by atoms with Crippen LogP contribution >= 0.6 is 0 Å². The number of carbonyl (C=O) groups is 4. The highest BCUT2D eigenvalue weighted by Crippen LogP contribution is 2.48. The number of rotatable bonds is 4. The molecule has 0 fully saturated rings. The number of aromatic hydroxyl groups is 2. The number of phenolic OH excluding ortho intramolecular Hbond substituents is 2. The first kappa shape index (κ1) is 51.5. The Balaban J connectivity index is 0.000000127. The summed E-state index contributed by atoms with van der Waals surface area (Å²) in [4.78, 5) is 47.7. The first-order valence-corrected chi connectivity index (χ1v) is 24.9. The van der Waals surface area contributed by atoms with E-state index in [9.17, 15) is 29.4 Å². The molecule has 0 saturated carbocycles. The van der Waals surface area contributed by atoms with E-state index >= 15 is 0 Å². The van der Waals surface area contributed by atoms with Crippen molar-refractivity contribution >= 4 is 34.7 Å². The third kappa shape index (κ3) is 9.88. The Morgan fingerprint density at radius 1 is 0.368 bits per heavy atom. The summed E-state index contributed by atoms with van der Waals surface area (Å²) in [5.74, 6) is 0.163. The van der Waals surface area contributed by atoms with Crippen LogP contribution in [-0.4, -0.2) is 33.7 Å². The lowest BCUT2D eigenvalue weighted by molar-refractivity contribution is -0.130. The van der Waals surface area contributed by atoms with Crippen LogP contribution in [0.3, 0.4) is 0 Å². The molecule has 0 aromatic heterocycles. The van der Waals surface area contributed by atoms with Crippen molar-refractivity contribution in [2.75, 3.05) is 0 Å². The Morgan fingerprint density at radius 2 is 0.618 bits per heavy atom. The average molecular weight is 1000 g/mol. The predicted octanol–water partition coefficient (Wildman–Crippen LogP) is 15.6. The number of phenols is 2. The molecule has 0 aliphatic heterocycles. The third-order valence-electron chi connectivity index (χ3n) is 13.7. The minimum atomic E-state index is -0.457. The fraction of sp³-hybridized carbons (Fsp3) is 0.118. The van der Waals surface area contributed by atoms with Crippen molar-refractivity contribution in [2.45, 2.75) is 55.4 Å². The fourth-order valence-electron chi connectivity index (χ4n) is 9.98. The second kappa shape index (κ2) is 20.8. The molecule has 4 aliphatic carbocycles. The van der Waals surface area contributed by atoms with Crippen LogP contribution in [-0.2, 0) is 9.59 Å². The zero-order valence-corrected chi connectivity index (χ0v) is 43.8. The first-order chi connectivity index (χ1) is 36.3. The molecular weight excluding hydrogens is 945 g/mol. The second-order valence-corrected chi connectivity index (χ2v) is 19.5. The summed E-state index contributed by atoms with van der Waals surface area (Å²) in [5.41, 5.74) is 23.9. The average Bonchev–Trinajstić information content (AvgIpc) is 4.06. The number of hydrogen-bond donors (Lipinski definition) is 2. The van der Waals surface area contributed by atoms with Gasteiger partial charge in [-0.15, -0.1) is 0 Å². The number of benzene rings is 8. The van der Waals surface area contributed by atoms with E-state index in [0.717, 1.165) is 72.3 Å². The summed E-state index contributed by atoms with van der Waals surface area (Å²) in [6.45, 7) is 22.8. The highest BCUT2D eigenvalue weighted by atomic mass is 16.5. The number of allylic oxidation sites excluding steroid dienone is 2. The molecular formula is C68H56O8. The quantitative estimate of drug-likeness (QED) is 0.101. The van der Waals surface area contributed by atoms with Gasteiger partial charge in [-0.2, -0.15) is 0 Å². The number of aryl methyl sites for hydroxylation is 4. The Morgan fingerprint density at radius 3 is 0.921 bits per heavy atom. The van der Waals surface area contributed by atoms with E-state index in [-0.39, 0.29) is 23.1 Å². The van der Waals surface area contributed by atoms with Crippen LogP contribution < -0.4 is 9.47 Å². The van der Waals surface area contributed by atoms with Crippen LogP contribution in [0.25, 0.3) is 55.7 Å². The zero-order valence-electron chi connectivity index (χ0n) is 43.8. The van der Waals surface area contributed by atoms with Crippen molar-refractivity contribution in [2.24, 2.45) is 0 Å². The molecule has 4 aliphatic rings. The Labute approximate surface area is 443 Å². The number of ketones is 2. The lowest BCUT2D eigenvalue weighted by Crippen LogP contribution is -2.08. The van der Waals surface area contributed by atoms with Crippen LogP contribution in [0.15, 0.2) is 182 Å². The van der Waals surface area contributed by atoms with Gasteiger partial charge in [-0.25, -0.2) is 9.59 Å². The first-order valence-electron chi connectivity index (χ1n) is 24.9. The third-order valence-corrected chi connectivity index (χ3v) is 13.7. The van der Waals surface area contributed by atoms with E-state index in [4.69, 9.17) is 9.47 Å². The summed E-state index contributed by atoms with van der Waals surface area (Å²) in [7, 11) is 0. The summed E-state index contributed by atoms with van der Waals surface area (Å²) in [5, 5.41) is 18.7. The summed E-state index contributed by atoms with van der Waals surface area (Å²) >= 11 is 0. The van der Waals surface area contributed by atoms with Crippen LogP contribution in [0.4, 0.5) is 0 Å². The lowest BCUT2D eigenvalue weighted by Gasteiger charge is -2.07. The normalized spacial score (nSPS) is 12.0. The molecule has 0 saturated heterocycles. The molecule has 0 amide bonds. The zero-order chi connectivity index (χ0) is 54.3. The number of esters is 2. The molecule has 0 bridgehead atoms. The minimum absolute atomic E-state index is 0.0733. The van der Waals surface area contributed by atoms with E-state index in [1.807, 2.05) is 75.4 Å². The molecule has 8 heteroatoms. The van der Waals surface area contributed by atoms with Gasteiger partial charge in [0.05, 0.1) is 0 Å². The monoisotopic (exact) mass is 1000 g/mol. The number of ether oxygens (including phenoxy) is 2. The molecule has 0 spiro atoms. The molecule has 376 valence electrons. The maximum Gasteiger partial charge on any atom is 0.338 e. The number of fused-ring (bicyclic) bond motifs is 12. The van der Waals surface area contributed by atoms with Crippen LogP contribution in [0.1, 0.15) is 104 Å². The van der Waals surface area contributed by atoms with Crippen molar-refractivity contribution in [1.82, 2.24) is 0 Å². The standard InChI is InChI=1S/C23H20O4.C17H16.C15H12O.C13H8O3/c1-6-17-20-11-15(26-22(24)13(2)3)7-9-18(20)19-10-8-16(12-21(17)19)27-23(25)14(4)5;1-4-13-16-9-11(2)5-7-14(16)15-8-6-12(3)10-17(13)15;1-9-3-5-11-12-6-4-10(2)8-14(12)15(16)13(11)7-9;14-7-1-3-9-10-4-2-8(15)6-12(10)13(16)11(9)5-7/h6-12H,2,4H2,1,3,5H3;4-10H,1-3H3;3-8H,1-2H3;1-6,14-15H. The van der Waals surface area contributed by atoms with E-state index in [1.165, 1.54) is 51.1 Å². The van der Waals surface area contributed by atoms with Crippen LogP contribution in [0.5, 0.6) is 23.0 Å². The van der Waals surface area contributed by atoms with Crippen LogP contribution in [0, 0.1) is 27.7 Å². The van der Waals surface area contributed by atoms with Gasteiger partial charge in [0.25, 0.3) is 0 Å². The van der Waals surface area contributed by atoms with Gasteiger partial charge in [0, 0.05) is 33.4 Å². The molecule has 0 heterocycles. The van der Waals surface area contributed by atoms with Gasteiger partial charge in [-0.05, 0) is 206 Å². The van der Waals surface area contributed by atoms with Gasteiger partial charge < -0.3 is 19.7 Å². The summed E-state index contributed by atoms with van der Waals surface area (Å²) < 4.78 is 10.7. The highest BCUT2D eigenvalue weighted by Gasteiger charge is 2.29. The topological polar surface area (TPSA) is 127 Å². The van der Waals surface area contributed by atoms with Gasteiger partial charge in [0.1, 0.15) is 23.0 Å². The molecule has 0 unspecified atom stereocenters. The fourth-order valence-corrected chi connectivity index (χ4v) is 9.98. The van der Waals surface area contributed by atoms with E-state index in [0.29, 0.717) is 33.8 Å². The largest absolute Gasteiger partial charge is 0.508 e. The predicted molar refractivity (Wildman–Crippen MR) is 303 cm³/mol. The number of carbonyl (C=O) groups excluding carboxylic acids is 4. The lowest BCUT2D eigenvalue weighted by atomic mass is 10.0. The Bertz CT molecular complexity index is 3530. The van der Waals surface area contributed by atoms with Gasteiger partial charge >= 0.3 is 11.9 Å². The second-order valence-electron chi connectivity index (χ2n) is 19.5. The van der Waals surface area contributed by atoms with Crippen molar-refractivity contribution in [3.63, 3.8) is 0 Å². The van der Waals surface area contributed by atoms with Crippen molar-refractivity contribution < 1.29 is 38.9 Å². The Hall–Kier alpha value is -9.40. The molecule has 0 atom stereocenters. The molecule has 0 radical (unpaired) electrons. The van der Waals surface area contributed by atoms with Gasteiger partial charge in [-0.3, -0.25) is 9.59 Å². The highest BCUT2D eigenvalue weighted by molar-refractivity contribution is 6.22. The summed E-state index contributed by atoms with van der Waals surface area (Å²) in [6, 6.07) is 46.1. The van der Waals surface area contributed by atoms with Gasteiger partial charge in [0.2, 0.25) is 0 Å². The maximum absolute atomic E-state index is 12.2. The van der Waals surface area contributed by atoms with E-state index < -0.39 is 11.9 Å². The molecule has 8 aromatic carbocycles. The molecule has 12 rings (SSSR count). The molecule has 8 aromatic rings. The van der Waals surface area contributed by atoms with E-state index in [1.54, 1.807) is 50.2 Å². The minimum Gasteiger partial charge on any atom is -0.508 e. The van der Waals surface area contributed by atoms with Crippen molar-refractivity contribution in [1.29, 1.82) is 0 Å². The summed E-state index contributed by atoms with van der Waals surface area (Å²) in [6.07, 6.45) is 4.21. The Kier molecular flexibility index (Phi) is 14.1. The van der Waals surface area contributed by atoms with E-state index in [2.05, 4.69) is 88.5 Å². The van der Waals surface area contributed by atoms with Crippen molar-refractivity contribution in [3.8, 4) is 67.5 Å². The molecule has 76 heavy (non-hydrogen) atoms. The van der Waals surface area contributed by atoms with Gasteiger partial charge in [0.15, 0.2) is 11.6 Å². The maximum atomic E-state index is 12.2. The smallest absolute Gasteiger partial charge is 0.338 e. The molecule has 8 nitrogen and oxygen atoms in total. The van der Waals surface area contributed by atoms with Gasteiger partial charge in [-0.1, -0.05) is 120 Å².